The number of halogens is 4. The van der Waals surface area contributed by atoms with Crippen molar-refractivity contribution in [1.29, 1.82) is 0 Å². The Bertz CT molecular complexity index is 1080. The number of sulfonamides is 1. The van der Waals surface area contributed by atoms with E-state index in [0.29, 0.717) is 5.69 Å². The first-order chi connectivity index (χ1) is 13.5. The van der Waals surface area contributed by atoms with Crippen LogP contribution < -0.4 is 4.90 Å². The lowest BCUT2D eigenvalue weighted by Crippen LogP contribution is -2.49. The van der Waals surface area contributed by atoms with Gasteiger partial charge in [-0.2, -0.15) is 13.1 Å². The van der Waals surface area contributed by atoms with Crippen molar-refractivity contribution in [3.8, 4) is 0 Å². The number of sulfone groups is 1. The zero-order valence-corrected chi connectivity index (χ0v) is 16.4. The minimum atomic E-state index is -4.70. The molecule has 3 rings (SSSR count). The molecule has 12 heteroatoms. The number of piperazine rings is 1. The van der Waals surface area contributed by atoms with Gasteiger partial charge in [-0.1, -0.05) is 6.07 Å². The Labute approximate surface area is 165 Å². The van der Waals surface area contributed by atoms with E-state index in [4.69, 9.17) is 0 Å². The summed E-state index contributed by atoms with van der Waals surface area (Å²) in [4.78, 5) is 0.185. The standard InChI is InChI=1S/C17H16F4N2O4S2/c18-14-2-1-3-15(19)16(14)29(26,27)23-10-8-22(9-11-23)12-4-6-13(7-5-12)28(24,25)17(20)21/h1-7,17H,8-11H2. The molecular weight excluding hydrogens is 436 g/mol. The van der Waals surface area contributed by atoms with Crippen LogP contribution in [-0.2, 0) is 19.9 Å². The van der Waals surface area contributed by atoms with Crippen molar-refractivity contribution in [2.24, 2.45) is 0 Å². The minimum absolute atomic E-state index is 0.0623. The molecule has 1 heterocycles. The third-order valence-corrected chi connectivity index (χ3v) is 7.87. The molecule has 6 nitrogen and oxygen atoms in total. The first kappa shape index (κ1) is 21.5. The molecule has 0 spiro atoms. The van der Waals surface area contributed by atoms with Gasteiger partial charge in [0.2, 0.25) is 19.9 Å². The Morgan fingerprint density at radius 3 is 1.79 bits per heavy atom. The fraction of sp³-hybridized carbons (Fsp3) is 0.294. The fourth-order valence-corrected chi connectivity index (χ4v) is 5.25. The van der Waals surface area contributed by atoms with Gasteiger partial charge in [0.25, 0.3) is 0 Å². The van der Waals surface area contributed by atoms with Crippen LogP contribution in [0.15, 0.2) is 52.3 Å². The van der Waals surface area contributed by atoms with Gasteiger partial charge in [-0.3, -0.25) is 0 Å². The van der Waals surface area contributed by atoms with Gasteiger partial charge < -0.3 is 4.90 Å². The summed E-state index contributed by atoms with van der Waals surface area (Å²) in [5.74, 6) is -5.88. The van der Waals surface area contributed by atoms with Gasteiger partial charge in [-0.15, -0.1) is 0 Å². The summed E-state index contributed by atoms with van der Waals surface area (Å²) in [6.45, 7) is 0.201. The van der Waals surface area contributed by atoms with E-state index in [2.05, 4.69) is 0 Å². The van der Waals surface area contributed by atoms with Crippen molar-refractivity contribution in [1.82, 2.24) is 4.31 Å². The normalized spacial score (nSPS) is 16.4. The maximum atomic E-state index is 13.9. The average molecular weight is 452 g/mol. The molecule has 158 valence electrons. The van der Waals surface area contributed by atoms with Crippen LogP contribution in [0.2, 0.25) is 0 Å². The van der Waals surface area contributed by atoms with E-state index in [1.54, 1.807) is 4.90 Å². The third-order valence-electron chi connectivity index (χ3n) is 4.52. The highest BCUT2D eigenvalue weighted by molar-refractivity contribution is 7.91. The van der Waals surface area contributed by atoms with E-state index < -0.39 is 47.0 Å². The van der Waals surface area contributed by atoms with Crippen LogP contribution in [0.1, 0.15) is 0 Å². The summed E-state index contributed by atoms with van der Waals surface area (Å²) in [6.07, 6.45) is 0. The molecule has 1 aliphatic heterocycles. The summed E-state index contributed by atoms with van der Waals surface area (Å²) in [6, 6.07) is 7.58. The summed E-state index contributed by atoms with van der Waals surface area (Å²) in [7, 11) is -9.07. The topological polar surface area (TPSA) is 74.8 Å². The van der Waals surface area contributed by atoms with Gasteiger partial charge in [0.15, 0.2) is 4.90 Å². The van der Waals surface area contributed by atoms with Crippen LogP contribution in [0.3, 0.4) is 0 Å². The highest BCUT2D eigenvalue weighted by atomic mass is 32.2. The summed E-state index contributed by atoms with van der Waals surface area (Å²) in [5, 5.41) is 0. The molecule has 0 bridgehead atoms. The molecule has 2 aromatic carbocycles. The second-order valence-corrected chi connectivity index (χ2v) is 10.0. The average Bonchev–Trinajstić information content (AvgIpc) is 2.68. The van der Waals surface area contributed by atoms with Crippen molar-refractivity contribution in [2.45, 2.75) is 15.5 Å². The van der Waals surface area contributed by atoms with Gasteiger partial charge in [0.05, 0.1) is 4.90 Å². The zero-order chi connectivity index (χ0) is 21.4. The molecule has 0 radical (unpaired) electrons. The lowest BCUT2D eigenvalue weighted by Gasteiger charge is -2.35. The summed E-state index contributed by atoms with van der Waals surface area (Å²) < 4.78 is 102. The van der Waals surface area contributed by atoms with Gasteiger partial charge in [-0.05, 0) is 36.4 Å². The first-order valence-electron chi connectivity index (χ1n) is 8.36. The van der Waals surface area contributed by atoms with Crippen molar-refractivity contribution in [3.63, 3.8) is 0 Å². The lowest BCUT2D eigenvalue weighted by molar-refractivity contribution is 0.234. The summed E-state index contributed by atoms with van der Waals surface area (Å²) in [5.41, 5.74) is 0.507. The van der Waals surface area contributed by atoms with Crippen LogP contribution >= 0.6 is 0 Å². The van der Waals surface area contributed by atoms with E-state index >= 15 is 0 Å². The first-order valence-corrected chi connectivity index (χ1v) is 11.3. The molecule has 0 saturated carbocycles. The van der Waals surface area contributed by atoms with Gasteiger partial charge >= 0.3 is 5.76 Å². The van der Waals surface area contributed by atoms with Gasteiger partial charge in [0.1, 0.15) is 11.6 Å². The summed E-state index contributed by atoms with van der Waals surface area (Å²) >= 11 is 0. The molecule has 1 fully saturated rings. The Balaban J connectivity index is 1.74. The second-order valence-electron chi connectivity index (χ2n) is 6.24. The van der Waals surface area contributed by atoms with E-state index in [0.717, 1.165) is 34.6 Å². The predicted octanol–water partition coefficient (Wildman–Crippen LogP) is 2.47. The van der Waals surface area contributed by atoms with Crippen LogP contribution in [-0.4, -0.2) is 53.1 Å². The van der Waals surface area contributed by atoms with Crippen LogP contribution in [0.4, 0.5) is 23.2 Å². The number of nitrogens with zero attached hydrogens (tertiary/aromatic N) is 2. The minimum Gasteiger partial charge on any atom is -0.369 e. The number of rotatable bonds is 5. The number of benzene rings is 2. The number of alkyl halides is 2. The molecular formula is C17H16F4N2O4S2. The molecule has 0 aromatic heterocycles. The smallest absolute Gasteiger partial charge is 0.341 e. The van der Waals surface area contributed by atoms with Crippen molar-refractivity contribution < 1.29 is 34.4 Å². The molecule has 0 aliphatic carbocycles. The van der Waals surface area contributed by atoms with Crippen LogP contribution in [0, 0.1) is 11.6 Å². The van der Waals surface area contributed by atoms with Crippen LogP contribution in [0.25, 0.3) is 0 Å². The van der Waals surface area contributed by atoms with E-state index in [1.807, 2.05) is 0 Å². The second kappa shape index (κ2) is 7.92. The lowest BCUT2D eigenvalue weighted by atomic mass is 10.2. The molecule has 0 atom stereocenters. The molecule has 0 unspecified atom stereocenters. The number of hydrogen-bond acceptors (Lipinski definition) is 5. The van der Waals surface area contributed by atoms with Crippen molar-refractivity contribution in [3.05, 3.63) is 54.1 Å². The number of hydrogen-bond donors (Lipinski definition) is 0. The monoisotopic (exact) mass is 452 g/mol. The Morgan fingerprint density at radius 2 is 1.31 bits per heavy atom. The maximum absolute atomic E-state index is 13.9. The van der Waals surface area contributed by atoms with Crippen molar-refractivity contribution in [2.75, 3.05) is 31.1 Å². The Morgan fingerprint density at radius 1 is 0.793 bits per heavy atom. The van der Waals surface area contributed by atoms with E-state index in [1.165, 1.54) is 12.1 Å². The maximum Gasteiger partial charge on any atom is 0.341 e. The number of anilines is 1. The Hall–Kier alpha value is -2.18. The van der Waals surface area contributed by atoms with Gasteiger partial charge in [0, 0.05) is 31.9 Å². The van der Waals surface area contributed by atoms with E-state index in [9.17, 15) is 34.4 Å². The zero-order valence-electron chi connectivity index (χ0n) is 14.8. The molecule has 0 N–H and O–H groups in total. The quantitative estimate of drug-likeness (QED) is 0.652. The van der Waals surface area contributed by atoms with Crippen molar-refractivity contribution >= 4 is 25.5 Å². The fourth-order valence-electron chi connectivity index (χ4n) is 2.99. The predicted molar refractivity (Wildman–Crippen MR) is 97.0 cm³/mol. The molecule has 2 aromatic rings. The van der Waals surface area contributed by atoms with E-state index in [-0.39, 0.29) is 26.2 Å². The van der Waals surface area contributed by atoms with Crippen LogP contribution in [0.5, 0.6) is 0 Å². The van der Waals surface area contributed by atoms with Gasteiger partial charge in [-0.25, -0.2) is 25.6 Å². The largest absolute Gasteiger partial charge is 0.369 e. The highest BCUT2D eigenvalue weighted by Gasteiger charge is 2.33. The molecule has 1 aliphatic rings. The molecule has 1 saturated heterocycles. The third kappa shape index (κ3) is 4.09. The SMILES string of the molecule is O=S(=O)(c1ccc(N2CCN(S(=O)(=O)c3c(F)cccc3F)CC2)cc1)C(F)F. The molecule has 29 heavy (non-hydrogen) atoms. The Kier molecular flexibility index (Phi) is 5.88. The highest BCUT2D eigenvalue weighted by Crippen LogP contribution is 2.26. The molecule has 0 amide bonds.